The van der Waals surface area contributed by atoms with Crippen LogP contribution in [0.15, 0.2) is 83.8 Å². The van der Waals surface area contributed by atoms with Crippen LogP contribution >= 0.6 is 24.0 Å². The number of ether oxygens (including phenoxy) is 2. The Labute approximate surface area is 247 Å². The number of carbonyl (C=O) groups is 2. The summed E-state index contributed by atoms with van der Waals surface area (Å²) in [7, 11) is 1.50. The normalized spacial score (nSPS) is 12.7. The second-order valence-electron chi connectivity index (χ2n) is 7.73. The number of aliphatic carboxylic acids is 1. The highest BCUT2D eigenvalue weighted by Crippen LogP contribution is 2.35. The second-order valence-corrected chi connectivity index (χ2v) is 9.40. The van der Waals surface area contributed by atoms with Crippen LogP contribution in [0.3, 0.4) is 0 Å². The van der Waals surface area contributed by atoms with Crippen molar-refractivity contribution < 1.29 is 37.3 Å². The van der Waals surface area contributed by atoms with E-state index in [0.717, 1.165) is 34.2 Å². The molecule has 0 spiro atoms. The van der Waals surface area contributed by atoms with Gasteiger partial charge in [0.1, 0.15) is 17.5 Å². The topological polar surface area (TPSA) is 76.1 Å². The van der Waals surface area contributed by atoms with Crippen LogP contribution in [-0.4, -0.2) is 60.9 Å². The standard InChI is InChI=1S/C27H23NO5S2.3CH3F/c29-25(30)17-28-26(31)24(35-27(28)34)16-21-11-12-22(32-14-13-19-7-3-1-4-8-19)23(15-21)33-18-20-9-5-2-6-10-20;3*1-2/h1-12,15-16H,13-14,17-18H2,(H,29,30);3*1H3/b24-16-;;;. The molecular weight excluding hydrogens is 575 g/mol. The van der Waals surface area contributed by atoms with Crippen molar-refractivity contribution in [3.05, 3.63) is 100 Å². The molecule has 0 atom stereocenters. The molecule has 1 amide bonds. The zero-order chi connectivity index (χ0) is 30.6. The Morgan fingerprint density at radius 1 is 0.878 bits per heavy atom. The highest BCUT2D eigenvalue weighted by atomic mass is 32.2. The third-order valence-corrected chi connectivity index (χ3v) is 6.54. The number of carboxylic acid groups (broad SMARTS) is 1. The third kappa shape index (κ3) is 11.7. The fourth-order valence-corrected chi connectivity index (χ4v) is 4.68. The van der Waals surface area contributed by atoms with E-state index in [2.05, 4.69) is 12.1 Å². The molecule has 41 heavy (non-hydrogen) atoms. The zero-order valence-electron chi connectivity index (χ0n) is 22.9. The molecule has 0 unspecified atom stereocenters. The summed E-state index contributed by atoms with van der Waals surface area (Å²) in [5, 5.41) is 9.04. The van der Waals surface area contributed by atoms with Crippen molar-refractivity contribution in [2.75, 3.05) is 34.7 Å². The van der Waals surface area contributed by atoms with E-state index in [-0.39, 0.29) is 4.32 Å². The van der Waals surface area contributed by atoms with Gasteiger partial charge in [-0.3, -0.25) is 27.7 Å². The zero-order valence-corrected chi connectivity index (χ0v) is 24.5. The van der Waals surface area contributed by atoms with Crippen LogP contribution in [0.4, 0.5) is 13.2 Å². The Bertz CT molecular complexity index is 1260. The lowest BCUT2D eigenvalue weighted by atomic mass is 10.1. The summed E-state index contributed by atoms with van der Waals surface area (Å²) in [5.41, 5.74) is 2.92. The first-order valence-corrected chi connectivity index (χ1v) is 13.3. The minimum atomic E-state index is -1.11. The van der Waals surface area contributed by atoms with Crippen molar-refractivity contribution in [1.29, 1.82) is 0 Å². The average Bonchev–Trinajstić information content (AvgIpc) is 3.27. The molecule has 1 fully saturated rings. The van der Waals surface area contributed by atoms with E-state index in [1.807, 2.05) is 66.7 Å². The molecule has 11 heteroatoms. The molecule has 0 bridgehead atoms. The van der Waals surface area contributed by atoms with E-state index in [9.17, 15) is 22.8 Å². The molecule has 1 N–H and O–H groups in total. The Morgan fingerprint density at radius 2 is 1.46 bits per heavy atom. The monoisotopic (exact) mass is 607 g/mol. The van der Waals surface area contributed by atoms with Crippen molar-refractivity contribution in [2.45, 2.75) is 13.0 Å². The van der Waals surface area contributed by atoms with E-state index in [4.69, 9.17) is 26.8 Å². The molecule has 0 aliphatic carbocycles. The molecule has 4 rings (SSSR count). The molecule has 1 aliphatic rings. The van der Waals surface area contributed by atoms with Crippen LogP contribution in [0.25, 0.3) is 6.08 Å². The lowest BCUT2D eigenvalue weighted by Gasteiger charge is -2.14. The van der Waals surface area contributed by atoms with Crippen LogP contribution in [-0.2, 0) is 22.6 Å². The van der Waals surface area contributed by atoms with Crippen LogP contribution < -0.4 is 9.47 Å². The smallest absolute Gasteiger partial charge is 0.323 e. The van der Waals surface area contributed by atoms with Gasteiger partial charge in [0.15, 0.2) is 11.5 Å². The summed E-state index contributed by atoms with van der Waals surface area (Å²) in [6.07, 6.45) is 2.44. The fraction of sp³-hybridized carbons (Fsp3) is 0.233. The number of rotatable bonds is 10. The Balaban J connectivity index is 0.00000131. The number of nitrogens with zero attached hydrogens (tertiary/aromatic N) is 1. The first-order valence-electron chi connectivity index (χ1n) is 12.1. The number of carbonyl (C=O) groups excluding carboxylic acids is 1. The van der Waals surface area contributed by atoms with E-state index in [1.54, 1.807) is 6.08 Å². The van der Waals surface area contributed by atoms with E-state index in [0.29, 0.717) is 51.2 Å². The first-order chi connectivity index (χ1) is 20.0. The van der Waals surface area contributed by atoms with Gasteiger partial charge in [0.25, 0.3) is 5.91 Å². The second kappa shape index (κ2) is 20.1. The van der Waals surface area contributed by atoms with Crippen LogP contribution in [0.5, 0.6) is 11.5 Å². The SMILES string of the molecule is CF.CF.CF.O=C(O)CN1C(=O)/C(=C/c2ccc(OCCc3ccccc3)c(OCc3ccccc3)c2)SC1=S. The summed E-state index contributed by atoms with van der Waals surface area (Å²) in [5.74, 6) is -0.377. The number of thiocarbonyl (C=S) groups is 1. The summed E-state index contributed by atoms with van der Waals surface area (Å²) in [4.78, 5) is 25.1. The van der Waals surface area contributed by atoms with Gasteiger partial charge in [-0.2, -0.15) is 0 Å². The molecule has 6 nitrogen and oxygen atoms in total. The van der Waals surface area contributed by atoms with Gasteiger partial charge >= 0.3 is 5.97 Å². The number of benzene rings is 3. The van der Waals surface area contributed by atoms with Gasteiger partial charge in [-0.25, -0.2) is 0 Å². The number of carboxylic acids is 1. The first kappa shape index (κ1) is 35.2. The Kier molecular flexibility index (Phi) is 17.3. The summed E-state index contributed by atoms with van der Waals surface area (Å²) < 4.78 is 40.9. The van der Waals surface area contributed by atoms with Gasteiger partial charge in [0.2, 0.25) is 0 Å². The summed E-state index contributed by atoms with van der Waals surface area (Å²) >= 11 is 6.26. The fourth-order valence-electron chi connectivity index (χ4n) is 3.43. The predicted octanol–water partition coefficient (Wildman–Crippen LogP) is 6.93. The lowest BCUT2D eigenvalue weighted by Crippen LogP contribution is -2.33. The molecule has 0 saturated carbocycles. The number of amides is 1. The third-order valence-electron chi connectivity index (χ3n) is 5.16. The quantitative estimate of drug-likeness (QED) is 0.198. The Hall–Kier alpha value is -3.83. The van der Waals surface area contributed by atoms with Crippen molar-refractivity contribution in [3.8, 4) is 11.5 Å². The lowest BCUT2D eigenvalue weighted by molar-refractivity contribution is -0.140. The maximum Gasteiger partial charge on any atom is 0.323 e. The molecule has 1 saturated heterocycles. The van der Waals surface area contributed by atoms with E-state index >= 15 is 0 Å². The number of hydrogen-bond acceptors (Lipinski definition) is 6. The highest BCUT2D eigenvalue weighted by Gasteiger charge is 2.33. The van der Waals surface area contributed by atoms with Crippen LogP contribution in [0, 0.1) is 0 Å². The number of halogens is 3. The predicted molar refractivity (Wildman–Crippen MR) is 161 cm³/mol. The van der Waals surface area contributed by atoms with Crippen molar-refractivity contribution in [2.24, 2.45) is 0 Å². The van der Waals surface area contributed by atoms with Crippen LogP contribution in [0.1, 0.15) is 16.7 Å². The van der Waals surface area contributed by atoms with E-state index < -0.39 is 18.4 Å². The van der Waals surface area contributed by atoms with Gasteiger partial charge in [-0.05, 0) is 34.9 Å². The molecule has 1 aliphatic heterocycles. The van der Waals surface area contributed by atoms with Crippen molar-refractivity contribution in [1.82, 2.24) is 4.90 Å². The molecule has 0 radical (unpaired) electrons. The molecule has 3 aromatic carbocycles. The van der Waals surface area contributed by atoms with Crippen LogP contribution in [0.2, 0.25) is 0 Å². The number of hydrogen-bond donors (Lipinski definition) is 1. The highest BCUT2D eigenvalue weighted by molar-refractivity contribution is 8.26. The van der Waals surface area contributed by atoms with Crippen molar-refractivity contribution >= 4 is 46.3 Å². The van der Waals surface area contributed by atoms with Gasteiger partial charge in [0, 0.05) is 6.42 Å². The molecule has 3 aromatic rings. The van der Waals surface area contributed by atoms with Gasteiger partial charge in [-0.15, -0.1) is 0 Å². The Morgan fingerprint density at radius 3 is 2.05 bits per heavy atom. The van der Waals surface area contributed by atoms with Gasteiger partial charge in [-0.1, -0.05) is 90.7 Å². The summed E-state index contributed by atoms with van der Waals surface area (Å²) in [6, 6.07) is 25.3. The molecule has 220 valence electrons. The minimum Gasteiger partial charge on any atom is -0.489 e. The molecule has 1 heterocycles. The number of thioether (sulfide) groups is 1. The number of alkyl halides is 3. The average molecular weight is 608 g/mol. The van der Waals surface area contributed by atoms with Crippen molar-refractivity contribution in [3.63, 3.8) is 0 Å². The van der Waals surface area contributed by atoms with Gasteiger partial charge < -0.3 is 14.6 Å². The maximum absolute atomic E-state index is 12.6. The molecule has 0 aromatic heterocycles. The summed E-state index contributed by atoms with van der Waals surface area (Å²) in [6.45, 7) is 0.389. The van der Waals surface area contributed by atoms with Gasteiger partial charge in [0.05, 0.1) is 33.0 Å². The maximum atomic E-state index is 12.6. The van der Waals surface area contributed by atoms with E-state index in [1.165, 1.54) is 5.56 Å². The molecular formula is C30H32F3NO5S2. The largest absolute Gasteiger partial charge is 0.489 e. The minimum absolute atomic E-state index is 0.227.